The minimum Gasteiger partial charge on any atom is -0.377 e. The SMILES string of the molecule is C#C[C@@H]1CCO[C@H]1C. The average molecular weight is 110 g/mol. The van der Waals surface area contributed by atoms with Crippen LogP contribution in [0.25, 0.3) is 0 Å². The summed E-state index contributed by atoms with van der Waals surface area (Å²) in [6, 6.07) is 0. The Labute approximate surface area is 50.0 Å². The van der Waals surface area contributed by atoms with Crippen LogP contribution >= 0.6 is 0 Å². The Morgan fingerprint density at radius 2 is 2.50 bits per heavy atom. The molecular weight excluding hydrogens is 100 g/mol. The zero-order valence-electron chi connectivity index (χ0n) is 5.05. The Hall–Kier alpha value is -0.480. The van der Waals surface area contributed by atoms with Gasteiger partial charge >= 0.3 is 0 Å². The molecule has 8 heavy (non-hydrogen) atoms. The lowest BCUT2D eigenvalue weighted by molar-refractivity contribution is 0.115. The Bertz CT molecular complexity index is 112. The second-order valence-corrected chi connectivity index (χ2v) is 2.14. The maximum atomic E-state index is 5.21. The highest BCUT2D eigenvalue weighted by atomic mass is 16.5. The normalized spacial score (nSPS) is 37.0. The standard InChI is InChI=1S/C7H10O/c1-3-7-4-5-8-6(7)2/h1,6-7H,4-5H2,2H3/t6-,7+/m0/s1. The van der Waals surface area contributed by atoms with Crippen LogP contribution in [0.2, 0.25) is 0 Å². The molecule has 0 aromatic carbocycles. The van der Waals surface area contributed by atoms with Crippen LogP contribution in [0, 0.1) is 18.3 Å². The van der Waals surface area contributed by atoms with Crippen molar-refractivity contribution >= 4 is 0 Å². The molecule has 1 saturated heterocycles. The van der Waals surface area contributed by atoms with Gasteiger partial charge < -0.3 is 4.74 Å². The second kappa shape index (κ2) is 2.19. The second-order valence-electron chi connectivity index (χ2n) is 2.14. The van der Waals surface area contributed by atoms with Gasteiger partial charge in [0.15, 0.2) is 0 Å². The van der Waals surface area contributed by atoms with Crippen molar-refractivity contribution in [3.05, 3.63) is 0 Å². The molecule has 0 amide bonds. The summed E-state index contributed by atoms with van der Waals surface area (Å²) in [6.07, 6.45) is 6.53. The summed E-state index contributed by atoms with van der Waals surface area (Å²) in [7, 11) is 0. The number of terminal acetylenes is 1. The fraction of sp³-hybridized carbons (Fsp3) is 0.714. The molecule has 1 heteroatoms. The smallest absolute Gasteiger partial charge is 0.0685 e. The maximum absolute atomic E-state index is 5.21. The van der Waals surface area contributed by atoms with Gasteiger partial charge in [0.1, 0.15) is 0 Å². The van der Waals surface area contributed by atoms with E-state index in [1.165, 1.54) is 0 Å². The quantitative estimate of drug-likeness (QED) is 0.423. The van der Waals surface area contributed by atoms with E-state index in [0.717, 1.165) is 13.0 Å². The first kappa shape index (κ1) is 5.65. The highest BCUT2D eigenvalue weighted by Gasteiger charge is 2.21. The Morgan fingerprint density at radius 3 is 2.75 bits per heavy atom. The molecule has 0 aromatic heterocycles. The molecule has 1 heterocycles. The van der Waals surface area contributed by atoms with Crippen LogP contribution in [-0.2, 0) is 4.74 Å². The Balaban J connectivity index is 2.45. The van der Waals surface area contributed by atoms with E-state index in [1.54, 1.807) is 0 Å². The van der Waals surface area contributed by atoms with E-state index in [0.29, 0.717) is 12.0 Å². The first-order valence-electron chi connectivity index (χ1n) is 2.92. The van der Waals surface area contributed by atoms with E-state index in [1.807, 2.05) is 6.92 Å². The van der Waals surface area contributed by atoms with Crippen molar-refractivity contribution in [2.24, 2.45) is 5.92 Å². The predicted octanol–water partition coefficient (Wildman–Crippen LogP) is 1.04. The van der Waals surface area contributed by atoms with Crippen molar-refractivity contribution in [1.29, 1.82) is 0 Å². The van der Waals surface area contributed by atoms with E-state index in [-0.39, 0.29) is 0 Å². The van der Waals surface area contributed by atoms with Crippen molar-refractivity contribution < 1.29 is 4.74 Å². The lowest BCUT2D eigenvalue weighted by Crippen LogP contribution is -2.07. The third kappa shape index (κ3) is 0.850. The first-order valence-corrected chi connectivity index (χ1v) is 2.92. The fourth-order valence-corrected chi connectivity index (χ4v) is 0.951. The van der Waals surface area contributed by atoms with E-state index in [2.05, 4.69) is 5.92 Å². The lowest BCUT2D eigenvalue weighted by Gasteiger charge is -2.03. The molecule has 1 nitrogen and oxygen atoms in total. The molecule has 0 radical (unpaired) electrons. The van der Waals surface area contributed by atoms with Crippen molar-refractivity contribution in [1.82, 2.24) is 0 Å². The summed E-state index contributed by atoms with van der Waals surface area (Å²) >= 11 is 0. The van der Waals surface area contributed by atoms with Gasteiger partial charge in [0.05, 0.1) is 6.10 Å². The molecule has 0 saturated carbocycles. The highest BCUT2D eigenvalue weighted by Crippen LogP contribution is 2.18. The molecule has 0 aromatic rings. The van der Waals surface area contributed by atoms with Crippen LogP contribution in [0.1, 0.15) is 13.3 Å². The molecule has 0 unspecified atom stereocenters. The van der Waals surface area contributed by atoms with Gasteiger partial charge in [-0.2, -0.15) is 0 Å². The summed E-state index contributed by atoms with van der Waals surface area (Å²) in [5.41, 5.74) is 0. The van der Waals surface area contributed by atoms with E-state index < -0.39 is 0 Å². The van der Waals surface area contributed by atoms with Gasteiger partial charge in [-0.25, -0.2) is 0 Å². The lowest BCUT2D eigenvalue weighted by atomic mass is 10.1. The van der Waals surface area contributed by atoms with Gasteiger partial charge in [-0.05, 0) is 13.3 Å². The van der Waals surface area contributed by atoms with Crippen LogP contribution in [0.5, 0.6) is 0 Å². The van der Waals surface area contributed by atoms with Crippen LogP contribution in [0.4, 0.5) is 0 Å². The fourth-order valence-electron chi connectivity index (χ4n) is 0.951. The topological polar surface area (TPSA) is 9.23 Å². The zero-order valence-corrected chi connectivity index (χ0v) is 5.05. The number of hydrogen-bond donors (Lipinski definition) is 0. The van der Waals surface area contributed by atoms with Crippen LogP contribution in [0.3, 0.4) is 0 Å². The van der Waals surface area contributed by atoms with E-state index >= 15 is 0 Å². The van der Waals surface area contributed by atoms with Gasteiger partial charge in [0, 0.05) is 12.5 Å². The van der Waals surface area contributed by atoms with Crippen molar-refractivity contribution in [2.75, 3.05) is 6.61 Å². The molecule has 2 atom stereocenters. The van der Waals surface area contributed by atoms with Gasteiger partial charge in [-0.15, -0.1) is 12.3 Å². The number of rotatable bonds is 0. The average Bonchev–Trinajstić information content (AvgIpc) is 2.14. The summed E-state index contributed by atoms with van der Waals surface area (Å²) < 4.78 is 5.21. The third-order valence-electron chi connectivity index (χ3n) is 1.59. The van der Waals surface area contributed by atoms with E-state index in [4.69, 9.17) is 11.2 Å². The summed E-state index contributed by atoms with van der Waals surface area (Å²) in [4.78, 5) is 0. The van der Waals surface area contributed by atoms with Gasteiger partial charge in [0.25, 0.3) is 0 Å². The predicted molar refractivity (Wildman–Crippen MR) is 32.4 cm³/mol. The zero-order chi connectivity index (χ0) is 5.98. The minimum absolute atomic E-state index is 0.292. The molecule has 0 aliphatic carbocycles. The number of ether oxygens (including phenoxy) is 1. The van der Waals surface area contributed by atoms with Crippen molar-refractivity contribution in [2.45, 2.75) is 19.4 Å². The monoisotopic (exact) mass is 110 g/mol. The van der Waals surface area contributed by atoms with Gasteiger partial charge in [-0.3, -0.25) is 0 Å². The molecule has 0 N–H and O–H groups in total. The minimum atomic E-state index is 0.292. The van der Waals surface area contributed by atoms with Crippen LogP contribution in [0.15, 0.2) is 0 Å². The Kier molecular flexibility index (Phi) is 1.55. The molecule has 0 bridgehead atoms. The molecular formula is C7H10O. The summed E-state index contributed by atoms with van der Waals surface area (Å²) in [5, 5.41) is 0. The molecule has 1 fully saturated rings. The Morgan fingerprint density at radius 1 is 1.75 bits per heavy atom. The van der Waals surface area contributed by atoms with Crippen LogP contribution in [-0.4, -0.2) is 12.7 Å². The van der Waals surface area contributed by atoms with Crippen molar-refractivity contribution in [3.63, 3.8) is 0 Å². The van der Waals surface area contributed by atoms with Crippen molar-refractivity contribution in [3.8, 4) is 12.3 Å². The largest absolute Gasteiger partial charge is 0.377 e. The summed E-state index contributed by atoms with van der Waals surface area (Å²) in [5.74, 6) is 3.06. The van der Waals surface area contributed by atoms with Crippen LogP contribution < -0.4 is 0 Å². The molecule has 1 rings (SSSR count). The maximum Gasteiger partial charge on any atom is 0.0685 e. The van der Waals surface area contributed by atoms with Gasteiger partial charge in [-0.1, -0.05) is 0 Å². The highest BCUT2D eigenvalue weighted by molar-refractivity contribution is 4.98. The molecule has 1 aliphatic heterocycles. The number of hydrogen-bond acceptors (Lipinski definition) is 1. The molecule has 44 valence electrons. The molecule has 0 spiro atoms. The first-order chi connectivity index (χ1) is 3.84. The van der Waals surface area contributed by atoms with Gasteiger partial charge in [0.2, 0.25) is 0 Å². The van der Waals surface area contributed by atoms with E-state index in [9.17, 15) is 0 Å². The molecule has 1 aliphatic rings. The third-order valence-corrected chi connectivity index (χ3v) is 1.59. The summed E-state index contributed by atoms with van der Waals surface area (Å²) in [6.45, 7) is 2.87.